The van der Waals surface area contributed by atoms with E-state index in [1.54, 1.807) is 11.6 Å². The van der Waals surface area contributed by atoms with Crippen LogP contribution < -0.4 is 0 Å². The monoisotopic (exact) mass is 316 g/mol. The molecule has 23 heavy (non-hydrogen) atoms. The van der Waals surface area contributed by atoms with Crippen LogP contribution in [0.3, 0.4) is 0 Å². The number of esters is 1. The summed E-state index contributed by atoms with van der Waals surface area (Å²) >= 11 is 0. The molecule has 122 valence electrons. The van der Waals surface area contributed by atoms with Gasteiger partial charge in [0.1, 0.15) is 5.56 Å². The fraction of sp³-hybridized carbons (Fsp3) is 0.353. The first-order valence-corrected chi connectivity index (χ1v) is 7.36. The zero-order valence-electron chi connectivity index (χ0n) is 13.7. The Kier molecular flexibility index (Phi) is 4.54. The highest BCUT2D eigenvalue weighted by atomic mass is 16.5. The van der Waals surface area contributed by atoms with Gasteiger partial charge in [0.05, 0.1) is 17.8 Å². The number of carboxylic acids is 1. The second-order valence-electron chi connectivity index (χ2n) is 6.05. The van der Waals surface area contributed by atoms with Crippen molar-refractivity contribution < 1.29 is 19.4 Å². The van der Waals surface area contributed by atoms with Crippen LogP contribution in [0.25, 0.3) is 11.3 Å². The fourth-order valence-electron chi connectivity index (χ4n) is 2.31. The molecule has 0 unspecified atom stereocenters. The Morgan fingerprint density at radius 3 is 2.30 bits per heavy atom. The molecule has 0 aliphatic carbocycles. The molecule has 2 aromatic rings. The molecule has 0 spiro atoms. The number of ether oxygens (including phenoxy) is 1. The molecular formula is C17H20N2O4. The Bertz CT molecular complexity index is 727. The molecule has 2 rings (SSSR count). The Labute approximate surface area is 134 Å². The number of rotatable bonds is 4. The Hall–Kier alpha value is -2.63. The van der Waals surface area contributed by atoms with E-state index < -0.39 is 17.5 Å². The normalized spacial score (nSPS) is 11.3. The second kappa shape index (κ2) is 6.24. The van der Waals surface area contributed by atoms with Crippen molar-refractivity contribution in [3.8, 4) is 11.3 Å². The van der Waals surface area contributed by atoms with E-state index in [1.807, 2.05) is 51.1 Å². The lowest BCUT2D eigenvalue weighted by atomic mass is 10.0. The van der Waals surface area contributed by atoms with Crippen molar-refractivity contribution in [2.75, 3.05) is 6.61 Å². The molecule has 1 N–H and O–H groups in total. The summed E-state index contributed by atoms with van der Waals surface area (Å²) in [6, 6.07) is 9.13. The average molecular weight is 316 g/mol. The summed E-state index contributed by atoms with van der Waals surface area (Å²) < 4.78 is 6.62. The molecule has 6 heteroatoms. The van der Waals surface area contributed by atoms with Crippen LogP contribution in [0.1, 0.15) is 48.5 Å². The van der Waals surface area contributed by atoms with Crippen LogP contribution in [0.2, 0.25) is 0 Å². The van der Waals surface area contributed by atoms with Gasteiger partial charge in [-0.3, -0.25) is 4.68 Å². The van der Waals surface area contributed by atoms with Crippen LogP contribution >= 0.6 is 0 Å². The highest BCUT2D eigenvalue weighted by Gasteiger charge is 2.33. The number of aromatic nitrogens is 2. The van der Waals surface area contributed by atoms with Crippen molar-refractivity contribution >= 4 is 11.9 Å². The van der Waals surface area contributed by atoms with Crippen molar-refractivity contribution in [2.45, 2.75) is 33.2 Å². The molecule has 0 aliphatic heterocycles. The molecule has 1 heterocycles. The zero-order chi connectivity index (χ0) is 17.2. The molecular weight excluding hydrogens is 296 g/mol. The third-order valence-electron chi connectivity index (χ3n) is 3.25. The summed E-state index contributed by atoms with van der Waals surface area (Å²) in [5, 5.41) is 13.6. The third-order valence-corrected chi connectivity index (χ3v) is 3.25. The lowest BCUT2D eigenvalue weighted by Crippen LogP contribution is -2.24. The predicted octanol–water partition coefficient (Wildman–Crippen LogP) is 3.18. The van der Waals surface area contributed by atoms with Crippen molar-refractivity contribution in [1.29, 1.82) is 0 Å². The standard InChI is InChI=1S/C17H20N2O4/c1-5-23-16(22)12-13(15(20)21)18-19(17(2,3)4)14(12)11-9-7-6-8-10-11/h6-10H,5H2,1-4H3,(H,20,21). The van der Waals surface area contributed by atoms with E-state index in [9.17, 15) is 14.7 Å². The van der Waals surface area contributed by atoms with E-state index in [2.05, 4.69) is 5.10 Å². The molecule has 0 fully saturated rings. The number of carbonyl (C=O) groups excluding carboxylic acids is 1. The third kappa shape index (κ3) is 3.26. The molecule has 0 amide bonds. The summed E-state index contributed by atoms with van der Waals surface area (Å²) in [4.78, 5) is 23.9. The number of hydrogen-bond donors (Lipinski definition) is 1. The SMILES string of the molecule is CCOC(=O)c1c(C(=O)O)nn(C(C)(C)C)c1-c1ccccc1. The van der Waals surface area contributed by atoms with E-state index in [4.69, 9.17) is 4.74 Å². The van der Waals surface area contributed by atoms with Crippen LogP contribution in [0.4, 0.5) is 0 Å². The predicted molar refractivity (Wildman–Crippen MR) is 85.6 cm³/mol. The molecule has 1 aromatic heterocycles. The van der Waals surface area contributed by atoms with Crippen LogP contribution in [0.15, 0.2) is 30.3 Å². The Morgan fingerprint density at radius 2 is 1.83 bits per heavy atom. The number of hydrogen-bond acceptors (Lipinski definition) is 4. The van der Waals surface area contributed by atoms with Crippen molar-refractivity contribution in [1.82, 2.24) is 9.78 Å². The van der Waals surface area contributed by atoms with Crippen LogP contribution in [-0.4, -0.2) is 33.4 Å². The van der Waals surface area contributed by atoms with Gasteiger partial charge < -0.3 is 9.84 Å². The van der Waals surface area contributed by atoms with E-state index >= 15 is 0 Å². The molecule has 1 aromatic carbocycles. The maximum absolute atomic E-state index is 12.4. The summed E-state index contributed by atoms with van der Waals surface area (Å²) in [6.45, 7) is 7.52. The van der Waals surface area contributed by atoms with Crippen LogP contribution in [0, 0.1) is 0 Å². The highest BCUT2D eigenvalue weighted by Crippen LogP contribution is 2.31. The van der Waals surface area contributed by atoms with Gasteiger partial charge in [-0.25, -0.2) is 9.59 Å². The number of carbonyl (C=O) groups is 2. The second-order valence-corrected chi connectivity index (χ2v) is 6.05. The van der Waals surface area contributed by atoms with E-state index in [1.165, 1.54) is 0 Å². The van der Waals surface area contributed by atoms with Crippen molar-refractivity contribution in [2.24, 2.45) is 0 Å². The smallest absolute Gasteiger partial charge is 0.357 e. The van der Waals surface area contributed by atoms with E-state index in [0.717, 1.165) is 0 Å². The Balaban J connectivity index is 2.83. The molecule has 0 radical (unpaired) electrons. The molecule has 0 bridgehead atoms. The van der Waals surface area contributed by atoms with Gasteiger partial charge in [-0.05, 0) is 27.7 Å². The first kappa shape index (κ1) is 16.7. The molecule has 6 nitrogen and oxygen atoms in total. The van der Waals surface area contributed by atoms with Gasteiger partial charge in [-0.2, -0.15) is 5.10 Å². The molecule has 0 saturated carbocycles. The van der Waals surface area contributed by atoms with Gasteiger partial charge in [0.2, 0.25) is 0 Å². The zero-order valence-corrected chi connectivity index (χ0v) is 13.7. The van der Waals surface area contributed by atoms with E-state index in [0.29, 0.717) is 11.3 Å². The average Bonchev–Trinajstić information content (AvgIpc) is 2.89. The lowest BCUT2D eigenvalue weighted by Gasteiger charge is -2.22. The number of carboxylic acid groups (broad SMARTS) is 1. The number of nitrogens with zero attached hydrogens (tertiary/aromatic N) is 2. The lowest BCUT2D eigenvalue weighted by molar-refractivity contribution is 0.0515. The van der Waals surface area contributed by atoms with Crippen LogP contribution in [0.5, 0.6) is 0 Å². The van der Waals surface area contributed by atoms with Gasteiger partial charge in [0.25, 0.3) is 0 Å². The Morgan fingerprint density at radius 1 is 1.22 bits per heavy atom. The molecule has 0 saturated heterocycles. The van der Waals surface area contributed by atoms with Gasteiger partial charge in [0.15, 0.2) is 5.69 Å². The summed E-state index contributed by atoms with van der Waals surface area (Å²) in [5.74, 6) is -1.94. The van der Waals surface area contributed by atoms with Gasteiger partial charge in [0, 0.05) is 5.56 Å². The first-order valence-electron chi connectivity index (χ1n) is 7.36. The fourth-order valence-corrected chi connectivity index (χ4v) is 2.31. The minimum absolute atomic E-state index is 0.0134. The summed E-state index contributed by atoms with van der Waals surface area (Å²) in [7, 11) is 0. The maximum Gasteiger partial charge on any atom is 0.357 e. The van der Waals surface area contributed by atoms with Gasteiger partial charge in [-0.1, -0.05) is 30.3 Å². The van der Waals surface area contributed by atoms with E-state index in [-0.39, 0.29) is 17.9 Å². The van der Waals surface area contributed by atoms with Crippen molar-refractivity contribution in [3.05, 3.63) is 41.6 Å². The number of benzene rings is 1. The quantitative estimate of drug-likeness (QED) is 0.876. The first-order chi connectivity index (χ1) is 10.8. The molecule has 0 atom stereocenters. The minimum Gasteiger partial charge on any atom is -0.476 e. The van der Waals surface area contributed by atoms with Crippen molar-refractivity contribution in [3.63, 3.8) is 0 Å². The van der Waals surface area contributed by atoms with Gasteiger partial charge >= 0.3 is 11.9 Å². The van der Waals surface area contributed by atoms with Gasteiger partial charge in [-0.15, -0.1) is 0 Å². The summed E-state index contributed by atoms with van der Waals surface area (Å²) in [5.41, 5.74) is 0.359. The van der Waals surface area contributed by atoms with Crippen LogP contribution in [-0.2, 0) is 10.3 Å². The topological polar surface area (TPSA) is 81.4 Å². The maximum atomic E-state index is 12.4. The highest BCUT2D eigenvalue weighted by molar-refractivity contribution is 6.05. The summed E-state index contributed by atoms with van der Waals surface area (Å²) in [6.07, 6.45) is 0. The minimum atomic E-state index is -1.26. The molecule has 0 aliphatic rings. The number of aromatic carboxylic acids is 1. The largest absolute Gasteiger partial charge is 0.476 e.